The van der Waals surface area contributed by atoms with E-state index in [1.165, 1.54) is 10.5 Å². The summed E-state index contributed by atoms with van der Waals surface area (Å²) in [6.07, 6.45) is 1.81. The van der Waals surface area contributed by atoms with Crippen LogP contribution < -0.4 is 0 Å². The number of hydrogen-bond acceptors (Lipinski definition) is 3. The zero-order chi connectivity index (χ0) is 5.56. The Hall–Kier alpha value is -0.0200. The van der Waals surface area contributed by atoms with Gasteiger partial charge in [-0.25, -0.2) is 0 Å². The van der Waals surface area contributed by atoms with Gasteiger partial charge < -0.3 is 4.42 Å². The van der Waals surface area contributed by atoms with Crippen LogP contribution in [0.4, 0.5) is 0 Å². The Balaban J connectivity index is 2.73. The molecule has 2 bridgehead atoms. The Bertz CT molecular complexity index is 195. The molecular weight excluding hydrogens is 140 g/mol. The number of fused-ring (bicyclic) bond motifs is 2. The maximum atomic E-state index is 5.12. The van der Waals surface area contributed by atoms with E-state index in [1.807, 2.05) is 6.26 Å². The van der Waals surface area contributed by atoms with Gasteiger partial charge in [-0.05, 0) is 28.5 Å². The smallest absolute Gasteiger partial charge is 0.174 e. The molecule has 1 aromatic heterocycles. The Morgan fingerprint density at radius 2 is 2.38 bits per heavy atom. The van der Waals surface area contributed by atoms with Crippen LogP contribution in [0.15, 0.2) is 20.7 Å². The second kappa shape index (κ2) is 1.48. The molecule has 1 aliphatic rings. The largest absolute Gasteiger partial charge is 0.456 e. The van der Waals surface area contributed by atoms with Gasteiger partial charge in [0.25, 0.3) is 0 Å². The van der Waals surface area contributed by atoms with E-state index in [0.29, 0.717) is 0 Å². The molecule has 0 saturated heterocycles. The van der Waals surface area contributed by atoms with E-state index in [1.54, 1.807) is 21.6 Å². The van der Waals surface area contributed by atoms with E-state index in [4.69, 9.17) is 4.42 Å². The van der Waals surface area contributed by atoms with E-state index < -0.39 is 0 Å². The summed E-state index contributed by atoms with van der Waals surface area (Å²) in [6, 6.07) is 0. The van der Waals surface area contributed by atoms with E-state index in [0.717, 1.165) is 5.09 Å². The standard InChI is InChI=1S/C5H4OS2/c1-3-4-2-6-5(3)8-7-4/h2H,1H3. The summed E-state index contributed by atoms with van der Waals surface area (Å²) in [5.41, 5.74) is 1.31. The van der Waals surface area contributed by atoms with Gasteiger partial charge in [-0.1, -0.05) is 0 Å². The van der Waals surface area contributed by atoms with Gasteiger partial charge >= 0.3 is 0 Å². The Morgan fingerprint density at radius 3 is 2.50 bits per heavy atom. The van der Waals surface area contributed by atoms with Gasteiger partial charge in [0, 0.05) is 5.56 Å². The molecule has 2 rings (SSSR count). The molecule has 2 heterocycles. The van der Waals surface area contributed by atoms with Gasteiger partial charge in [0.2, 0.25) is 0 Å². The van der Waals surface area contributed by atoms with Gasteiger partial charge in [-0.3, -0.25) is 0 Å². The minimum Gasteiger partial charge on any atom is -0.456 e. The van der Waals surface area contributed by atoms with Crippen LogP contribution in [0.25, 0.3) is 0 Å². The van der Waals surface area contributed by atoms with Crippen molar-refractivity contribution in [2.24, 2.45) is 0 Å². The molecular formula is C5H4OS2. The minimum atomic E-state index is 1.07. The first-order valence-corrected chi connectivity index (χ1v) is 4.45. The molecule has 0 atom stereocenters. The third-order valence-corrected chi connectivity index (χ3v) is 3.62. The van der Waals surface area contributed by atoms with Crippen molar-refractivity contribution in [1.29, 1.82) is 0 Å². The van der Waals surface area contributed by atoms with Crippen LogP contribution in [0, 0.1) is 6.92 Å². The van der Waals surface area contributed by atoms with Crippen molar-refractivity contribution in [2.75, 3.05) is 0 Å². The molecule has 42 valence electrons. The molecule has 0 saturated carbocycles. The van der Waals surface area contributed by atoms with Gasteiger partial charge in [-0.2, -0.15) is 0 Å². The molecule has 8 heavy (non-hydrogen) atoms. The number of hydrogen-bond donors (Lipinski definition) is 0. The summed E-state index contributed by atoms with van der Waals surface area (Å²) in [6.45, 7) is 2.08. The first-order chi connectivity index (χ1) is 3.88. The predicted octanol–water partition coefficient (Wildman–Crippen LogP) is 2.70. The van der Waals surface area contributed by atoms with Crippen LogP contribution in [0.3, 0.4) is 0 Å². The Labute approximate surface area is 55.2 Å². The minimum absolute atomic E-state index is 1.07. The van der Waals surface area contributed by atoms with E-state index in [9.17, 15) is 0 Å². The summed E-state index contributed by atoms with van der Waals surface area (Å²) in [4.78, 5) is 1.28. The number of furan rings is 1. The SMILES string of the molecule is Cc1c2coc1SS2. The Morgan fingerprint density at radius 1 is 1.50 bits per heavy atom. The third-order valence-electron chi connectivity index (χ3n) is 1.16. The van der Waals surface area contributed by atoms with Crippen LogP contribution in [0.2, 0.25) is 0 Å². The van der Waals surface area contributed by atoms with Crippen molar-refractivity contribution < 1.29 is 4.42 Å². The third kappa shape index (κ3) is 0.459. The normalized spacial score (nSPS) is 15.1. The van der Waals surface area contributed by atoms with Crippen molar-refractivity contribution in [3.8, 4) is 0 Å². The lowest BCUT2D eigenvalue weighted by Gasteiger charge is -1.87. The Kier molecular flexibility index (Phi) is 0.893. The molecule has 0 fully saturated rings. The summed E-state index contributed by atoms with van der Waals surface area (Å²) in [5.74, 6) is 0. The fourth-order valence-electron chi connectivity index (χ4n) is 0.631. The van der Waals surface area contributed by atoms with E-state index in [2.05, 4.69) is 6.92 Å². The first kappa shape index (κ1) is 4.82. The molecule has 1 nitrogen and oxygen atoms in total. The van der Waals surface area contributed by atoms with Crippen LogP contribution in [-0.4, -0.2) is 0 Å². The van der Waals surface area contributed by atoms with Gasteiger partial charge in [0.15, 0.2) is 5.09 Å². The average molecular weight is 144 g/mol. The average Bonchev–Trinajstić information content (AvgIpc) is 2.29. The topological polar surface area (TPSA) is 13.1 Å². The second-order valence-electron chi connectivity index (χ2n) is 1.68. The van der Waals surface area contributed by atoms with Gasteiger partial charge in [0.05, 0.1) is 4.90 Å². The lowest BCUT2D eigenvalue weighted by molar-refractivity contribution is 0.469. The molecule has 3 heteroatoms. The zero-order valence-electron chi connectivity index (χ0n) is 4.30. The van der Waals surface area contributed by atoms with Crippen LogP contribution in [0.1, 0.15) is 5.56 Å². The molecule has 0 aromatic carbocycles. The maximum Gasteiger partial charge on any atom is 0.174 e. The molecule has 1 aromatic rings. The van der Waals surface area contributed by atoms with Gasteiger partial charge in [0.1, 0.15) is 6.26 Å². The fraction of sp³-hybridized carbons (Fsp3) is 0.200. The predicted molar refractivity (Wildman–Crippen MR) is 35.2 cm³/mol. The molecule has 0 unspecified atom stereocenters. The molecule has 0 radical (unpaired) electrons. The summed E-state index contributed by atoms with van der Waals surface area (Å²) in [5, 5.41) is 1.07. The summed E-state index contributed by atoms with van der Waals surface area (Å²) in [7, 11) is 3.48. The quantitative estimate of drug-likeness (QED) is 0.520. The zero-order valence-corrected chi connectivity index (χ0v) is 5.94. The van der Waals surface area contributed by atoms with Crippen molar-refractivity contribution in [1.82, 2.24) is 0 Å². The van der Waals surface area contributed by atoms with Crippen LogP contribution >= 0.6 is 21.6 Å². The van der Waals surface area contributed by atoms with Gasteiger partial charge in [-0.15, -0.1) is 0 Å². The van der Waals surface area contributed by atoms with Crippen LogP contribution in [0.5, 0.6) is 0 Å². The molecule has 0 aliphatic carbocycles. The maximum absolute atomic E-state index is 5.12. The van der Waals surface area contributed by atoms with Crippen LogP contribution in [-0.2, 0) is 0 Å². The second-order valence-corrected chi connectivity index (χ2v) is 3.82. The highest BCUT2D eigenvalue weighted by atomic mass is 33.1. The highest BCUT2D eigenvalue weighted by molar-refractivity contribution is 8.77. The molecule has 1 aliphatic heterocycles. The molecule has 0 spiro atoms. The summed E-state index contributed by atoms with van der Waals surface area (Å²) >= 11 is 0. The van der Waals surface area contributed by atoms with E-state index >= 15 is 0 Å². The van der Waals surface area contributed by atoms with Crippen molar-refractivity contribution >= 4 is 21.6 Å². The summed E-state index contributed by atoms with van der Waals surface area (Å²) < 4.78 is 5.12. The van der Waals surface area contributed by atoms with Crippen molar-refractivity contribution in [3.63, 3.8) is 0 Å². The van der Waals surface area contributed by atoms with Crippen molar-refractivity contribution in [3.05, 3.63) is 11.8 Å². The lowest BCUT2D eigenvalue weighted by Crippen LogP contribution is -1.58. The fourth-order valence-corrected chi connectivity index (χ4v) is 2.97. The molecule has 0 amide bonds. The van der Waals surface area contributed by atoms with Crippen molar-refractivity contribution in [2.45, 2.75) is 16.9 Å². The van der Waals surface area contributed by atoms with E-state index in [-0.39, 0.29) is 0 Å². The highest BCUT2D eigenvalue weighted by Gasteiger charge is 2.18. The monoisotopic (exact) mass is 144 g/mol. The first-order valence-electron chi connectivity index (χ1n) is 2.30. The number of rotatable bonds is 0. The lowest BCUT2D eigenvalue weighted by atomic mass is 10.4. The molecule has 0 N–H and O–H groups in total. The highest BCUT2D eigenvalue weighted by Crippen LogP contribution is 2.50.